The molecule has 0 saturated heterocycles. The molecule has 0 radical (unpaired) electrons. The second-order valence-corrected chi connectivity index (χ2v) is 3.55. The van der Waals surface area contributed by atoms with E-state index in [1.807, 2.05) is 6.08 Å². The van der Waals surface area contributed by atoms with Crippen LogP contribution in [0, 0.1) is 5.92 Å². The van der Waals surface area contributed by atoms with Crippen LogP contribution in [0.2, 0.25) is 0 Å². The SMILES string of the molecule is CC(CF)NC(=O)C1CC=CCC1. The molecule has 0 aromatic rings. The van der Waals surface area contributed by atoms with E-state index in [4.69, 9.17) is 0 Å². The van der Waals surface area contributed by atoms with E-state index >= 15 is 0 Å². The minimum Gasteiger partial charge on any atom is -0.351 e. The van der Waals surface area contributed by atoms with Crippen molar-refractivity contribution in [2.24, 2.45) is 5.92 Å². The fraction of sp³-hybridized carbons (Fsp3) is 0.700. The zero-order valence-electron chi connectivity index (χ0n) is 7.92. The van der Waals surface area contributed by atoms with Crippen molar-refractivity contribution in [2.45, 2.75) is 32.2 Å². The van der Waals surface area contributed by atoms with Gasteiger partial charge in [0.2, 0.25) is 5.91 Å². The van der Waals surface area contributed by atoms with Gasteiger partial charge in [0.25, 0.3) is 0 Å². The first kappa shape index (κ1) is 10.2. The maximum absolute atomic E-state index is 12.1. The Morgan fingerprint density at radius 2 is 2.46 bits per heavy atom. The van der Waals surface area contributed by atoms with Gasteiger partial charge in [-0.2, -0.15) is 0 Å². The summed E-state index contributed by atoms with van der Waals surface area (Å²) in [5.74, 6) is 0.0495. The topological polar surface area (TPSA) is 29.1 Å². The van der Waals surface area contributed by atoms with Crippen LogP contribution in [0.5, 0.6) is 0 Å². The first-order valence-electron chi connectivity index (χ1n) is 4.75. The number of allylic oxidation sites excluding steroid dienone is 2. The zero-order valence-corrected chi connectivity index (χ0v) is 7.92. The number of alkyl halides is 1. The minimum absolute atomic E-state index is 0.00509. The lowest BCUT2D eigenvalue weighted by Crippen LogP contribution is -2.38. The third kappa shape index (κ3) is 3.17. The average molecular weight is 185 g/mol. The molecule has 13 heavy (non-hydrogen) atoms. The fourth-order valence-electron chi connectivity index (χ4n) is 1.43. The molecule has 0 aromatic carbocycles. The molecule has 1 amide bonds. The number of hydrogen-bond donors (Lipinski definition) is 1. The Hall–Kier alpha value is -0.860. The molecule has 0 fully saturated rings. The van der Waals surface area contributed by atoms with Gasteiger partial charge in [-0.05, 0) is 26.2 Å². The van der Waals surface area contributed by atoms with Gasteiger partial charge >= 0.3 is 0 Å². The van der Waals surface area contributed by atoms with Crippen LogP contribution in [-0.2, 0) is 4.79 Å². The van der Waals surface area contributed by atoms with E-state index in [1.54, 1.807) is 6.92 Å². The summed E-state index contributed by atoms with van der Waals surface area (Å²) in [4.78, 5) is 11.5. The summed E-state index contributed by atoms with van der Waals surface area (Å²) >= 11 is 0. The summed E-state index contributed by atoms with van der Waals surface area (Å²) in [6.45, 7) is 1.19. The molecule has 1 N–H and O–H groups in total. The monoisotopic (exact) mass is 185 g/mol. The molecular weight excluding hydrogens is 169 g/mol. The molecular formula is C10H16FNO. The van der Waals surface area contributed by atoms with Crippen molar-refractivity contribution in [3.05, 3.63) is 12.2 Å². The number of carbonyl (C=O) groups excluding carboxylic acids is 1. The fourth-order valence-corrected chi connectivity index (χ4v) is 1.43. The van der Waals surface area contributed by atoms with Gasteiger partial charge in [0.15, 0.2) is 0 Å². The van der Waals surface area contributed by atoms with Crippen LogP contribution < -0.4 is 5.32 Å². The Morgan fingerprint density at radius 3 is 3.00 bits per heavy atom. The number of amides is 1. The second kappa shape index (κ2) is 5.00. The summed E-state index contributed by atoms with van der Waals surface area (Å²) in [5.41, 5.74) is 0. The molecule has 2 atom stereocenters. The van der Waals surface area contributed by atoms with E-state index in [1.165, 1.54) is 0 Å². The quantitative estimate of drug-likeness (QED) is 0.667. The third-order valence-corrected chi connectivity index (χ3v) is 2.26. The first-order chi connectivity index (χ1) is 6.24. The van der Waals surface area contributed by atoms with Gasteiger partial charge in [0.1, 0.15) is 6.67 Å². The van der Waals surface area contributed by atoms with Crippen molar-refractivity contribution in [1.29, 1.82) is 0 Å². The molecule has 0 saturated carbocycles. The smallest absolute Gasteiger partial charge is 0.223 e. The lowest BCUT2D eigenvalue weighted by atomic mass is 9.93. The molecule has 2 unspecified atom stereocenters. The molecule has 0 spiro atoms. The molecule has 0 aliphatic heterocycles. The van der Waals surface area contributed by atoms with Gasteiger partial charge in [-0.1, -0.05) is 12.2 Å². The highest BCUT2D eigenvalue weighted by Crippen LogP contribution is 2.18. The predicted octanol–water partition coefficient (Wildman–Crippen LogP) is 1.82. The van der Waals surface area contributed by atoms with E-state index < -0.39 is 6.67 Å². The molecule has 1 aliphatic rings. The van der Waals surface area contributed by atoms with Gasteiger partial charge in [-0.25, -0.2) is 4.39 Å². The molecule has 3 heteroatoms. The van der Waals surface area contributed by atoms with Crippen LogP contribution in [0.25, 0.3) is 0 Å². The highest BCUT2D eigenvalue weighted by Gasteiger charge is 2.19. The number of halogens is 1. The number of hydrogen-bond acceptors (Lipinski definition) is 1. The molecule has 0 heterocycles. The second-order valence-electron chi connectivity index (χ2n) is 3.55. The van der Waals surface area contributed by atoms with Crippen molar-refractivity contribution in [1.82, 2.24) is 5.32 Å². The van der Waals surface area contributed by atoms with E-state index in [9.17, 15) is 9.18 Å². The Kier molecular flexibility index (Phi) is 3.93. The highest BCUT2D eigenvalue weighted by molar-refractivity contribution is 5.79. The lowest BCUT2D eigenvalue weighted by molar-refractivity contribution is -0.125. The van der Waals surface area contributed by atoms with E-state index in [0.29, 0.717) is 0 Å². The Bertz CT molecular complexity index is 203. The normalized spacial score (nSPS) is 24.0. The lowest BCUT2D eigenvalue weighted by Gasteiger charge is -2.19. The minimum atomic E-state index is -0.492. The Labute approximate surface area is 78.2 Å². The van der Waals surface area contributed by atoms with Crippen molar-refractivity contribution >= 4 is 5.91 Å². The van der Waals surface area contributed by atoms with Crippen LogP contribution in [-0.4, -0.2) is 18.6 Å². The van der Waals surface area contributed by atoms with E-state index in [-0.39, 0.29) is 17.9 Å². The molecule has 1 rings (SSSR count). The van der Waals surface area contributed by atoms with Crippen molar-refractivity contribution in [3.63, 3.8) is 0 Å². The van der Waals surface area contributed by atoms with E-state index in [2.05, 4.69) is 11.4 Å². The van der Waals surface area contributed by atoms with Crippen LogP contribution in [0.4, 0.5) is 4.39 Å². The van der Waals surface area contributed by atoms with Gasteiger partial charge in [0.05, 0.1) is 6.04 Å². The summed E-state index contributed by atoms with van der Waals surface area (Å²) in [7, 11) is 0. The highest BCUT2D eigenvalue weighted by atomic mass is 19.1. The average Bonchev–Trinajstić information content (AvgIpc) is 2.19. The Balaban J connectivity index is 2.34. The maximum Gasteiger partial charge on any atom is 0.223 e. The Morgan fingerprint density at radius 1 is 1.69 bits per heavy atom. The molecule has 0 bridgehead atoms. The number of nitrogens with one attached hydrogen (secondary N) is 1. The molecule has 0 aromatic heterocycles. The summed E-state index contributed by atoms with van der Waals surface area (Å²) < 4.78 is 12.1. The molecule has 74 valence electrons. The van der Waals surface area contributed by atoms with Crippen LogP contribution in [0.1, 0.15) is 26.2 Å². The summed E-state index contributed by atoms with van der Waals surface area (Å²) in [5, 5.41) is 2.65. The number of carbonyl (C=O) groups is 1. The van der Waals surface area contributed by atoms with Gasteiger partial charge < -0.3 is 5.32 Å². The van der Waals surface area contributed by atoms with Crippen molar-refractivity contribution < 1.29 is 9.18 Å². The van der Waals surface area contributed by atoms with E-state index in [0.717, 1.165) is 19.3 Å². The standard InChI is InChI=1S/C10H16FNO/c1-8(7-11)12-10(13)9-5-3-2-4-6-9/h2-3,8-9H,4-7H2,1H3,(H,12,13). The summed E-state index contributed by atoms with van der Waals surface area (Å²) in [6.07, 6.45) is 6.75. The van der Waals surface area contributed by atoms with Gasteiger partial charge in [-0.3, -0.25) is 4.79 Å². The maximum atomic E-state index is 12.1. The molecule has 2 nitrogen and oxygen atoms in total. The first-order valence-corrected chi connectivity index (χ1v) is 4.75. The van der Waals surface area contributed by atoms with Crippen LogP contribution >= 0.6 is 0 Å². The molecule has 1 aliphatic carbocycles. The predicted molar refractivity (Wildman–Crippen MR) is 50.1 cm³/mol. The number of rotatable bonds is 3. The third-order valence-electron chi connectivity index (χ3n) is 2.26. The van der Waals surface area contributed by atoms with Crippen molar-refractivity contribution in [3.8, 4) is 0 Å². The van der Waals surface area contributed by atoms with Gasteiger partial charge in [0, 0.05) is 5.92 Å². The van der Waals surface area contributed by atoms with Crippen LogP contribution in [0.3, 0.4) is 0 Å². The van der Waals surface area contributed by atoms with Crippen molar-refractivity contribution in [2.75, 3.05) is 6.67 Å². The zero-order chi connectivity index (χ0) is 9.68. The summed E-state index contributed by atoms with van der Waals surface area (Å²) in [6, 6.07) is -0.349. The van der Waals surface area contributed by atoms with Crippen LogP contribution in [0.15, 0.2) is 12.2 Å². The largest absolute Gasteiger partial charge is 0.351 e. The van der Waals surface area contributed by atoms with Gasteiger partial charge in [-0.15, -0.1) is 0 Å².